The molecule has 7 rings (SSSR count). The SMILES string of the molecule is CCCCCCCCCCCCC/C=C/[C@H](O)[C@@H](COC1OC(CO)C(OC2OC(CO)C(OC3OC(CO)C(O)C(OC4OC(CO)C(O)C(OC5(C)CC(O)C(NC(C)=O)C([C@H](O)[C@H](O)CO)O5)C4O)C3NC(C)=O)C(OC3(C)CC(O)C(NC(C)=O)C([C@H](O)[C@@H](CO)OC4(C(=O)O)CC(O)C(NC(C)=O)C([C@H](O)[C@H](O)CO)O4)O3)C2O)C(O)C1O)NC(=O)CCCCCCCCCCCCCCCCC.[Na+].[Na+]. The molecule has 7 aliphatic rings. The maximum atomic E-state index is 13.8. The molecule has 7 fully saturated rings. The van der Waals surface area contributed by atoms with Crippen LogP contribution in [0.3, 0.4) is 0 Å². The average molecular weight is 2120 g/mol. The molecule has 0 radical (unpaired) electrons. The molecule has 40 atom stereocenters. The zero-order chi connectivity index (χ0) is 106. The van der Waals surface area contributed by atoms with E-state index in [0.717, 1.165) is 106 Å². The first kappa shape index (κ1) is 133. The number of nitrogens with one attached hydrogen (secondary N) is 5. The number of rotatable bonds is 64. The standard InChI is InChI=1S/C95H169N5O43.2Na/c1-9-11-13-15-17-19-21-23-24-26-28-30-32-34-36-38-66(118)100-54(55(112)37-35-33-31-29-27-25-22-20-18-16-14-12-10-2)49-130-89-77(125)76(124)80(64(47-106)133-89)135-91-79(127)87(142-94(8)40-57(114)68(97-51(4)109)85(140-94)75(123)63(46-105)138-95(92(128)129)41-58(115)69(98-52(5)110)84(143-95)72(120)60(117)43-102)81(65(48-107)134-91)136-88-70(99-53(6)111)82(73(121)61(44-103)131-88)137-90-78(126)86(74(122)62(45-104)132-90)141-93(7)39-56(113)67(96-50(3)108)83(139-93)71(119)59(116)42-101;;/h35,37,54-65,67-91,101-107,112-117,119-127H,9-34,36,38-49H2,1-8H3,(H,96,108)(H,97,109)(H,98,110)(H,99,111)(H,100,118)(H,128,129);;/q;2*+1/b37-35+;;/t54-,55+,56?,57?,58?,59-,60-,61?,62?,63-,64?,65?,67?,68?,69?,70?,71-,72-,73?,74?,75-,76?,77?,78?,79?,80?,81?,82?,83?,84?,85?,86?,87?,88?,89?,90?,91?,93?,94?,95?;;/m1../s1. The second kappa shape index (κ2) is 66.5. The van der Waals surface area contributed by atoms with Crippen molar-refractivity contribution in [3.05, 3.63) is 12.2 Å². The Morgan fingerprint density at radius 1 is 0.393 bits per heavy atom. The van der Waals surface area contributed by atoms with Crippen LogP contribution >= 0.6 is 0 Å². The molecular formula is C95H169N5Na2O43+2. The predicted octanol–water partition coefficient (Wildman–Crippen LogP) is -10.8. The summed E-state index contributed by atoms with van der Waals surface area (Å²) in [4.78, 5) is 79.1. The third-order valence-electron chi connectivity index (χ3n) is 27.4. The fourth-order valence-corrected chi connectivity index (χ4v) is 19.6. The predicted molar refractivity (Wildman–Crippen MR) is 497 cm³/mol. The maximum Gasteiger partial charge on any atom is 1.00 e. The van der Waals surface area contributed by atoms with Gasteiger partial charge in [0, 0.05) is 53.4 Å². The number of amides is 5. The summed E-state index contributed by atoms with van der Waals surface area (Å²) in [7, 11) is 0. The average Bonchev–Trinajstić information content (AvgIpc) is 0.751. The number of aliphatic carboxylic acids is 1. The molecule has 0 saturated carbocycles. The number of aliphatic hydroxyl groups is 22. The van der Waals surface area contributed by atoms with Crippen LogP contribution in [0.2, 0.25) is 0 Å². The summed E-state index contributed by atoms with van der Waals surface area (Å²) in [5.41, 5.74) is 0. The minimum Gasteiger partial charge on any atom is -0.477 e. The number of carbonyl (C=O) groups excluding carboxylic acids is 5. The van der Waals surface area contributed by atoms with Gasteiger partial charge in [0.15, 0.2) is 36.7 Å². The van der Waals surface area contributed by atoms with Crippen LogP contribution in [-0.2, 0) is 95.1 Å². The van der Waals surface area contributed by atoms with Crippen molar-refractivity contribution in [1.82, 2.24) is 26.6 Å². The van der Waals surface area contributed by atoms with Crippen molar-refractivity contribution < 1.29 is 272 Å². The molecule has 5 amide bonds. The van der Waals surface area contributed by atoms with Crippen LogP contribution in [0.5, 0.6) is 0 Å². The van der Waals surface area contributed by atoms with Crippen molar-refractivity contribution in [3.63, 3.8) is 0 Å². The van der Waals surface area contributed by atoms with E-state index in [-0.39, 0.29) is 65.5 Å². The Kier molecular flexibility index (Phi) is 60.8. The molecule has 7 aliphatic heterocycles. The van der Waals surface area contributed by atoms with Crippen LogP contribution < -0.4 is 85.7 Å². The Morgan fingerprint density at radius 3 is 1.19 bits per heavy atom. The maximum absolute atomic E-state index is 13.8. The molecule has 32 unspecified atom stereocenters. The smallest absolute Gasteiger partial charge is 0.477 e. The van der Waals surface area contributed by atoms with Gasteiger partial charge in [-0.15, -0.1) is 0 Å². The van der Waals surface area contributed by atoms with E-state index >= 15 is 0 Å². The summed E-state index contributed by atoms with van der Waals surface area (Å²) in [6.07, 6.45) is -38.2. The molecule has 50 heteroatoms. The largest absolute Gasteiger partial charge is 1.00 e. The quantitative estimate of drug-likeness (QED) is 0.0153. The molecule has 0 spiro atoms. The van der Waals surface area contributed by atoms with Gasteiger partial charge in [-0.25, -0.2) is 4.79 Å². The van der Waals surface area contributed by atoms with Gasteiger partial charge < -0.3 is 210 Å². The monoisotopic (exact) mass is 2110 g/mol. The number of hydrogen-bond donors (Lipinski definition) is 28. The molecule has 0 aromatic carbocycles. The third kappa shape index (κ3) is 39.5. The van der Waals surface area contributed by atoms with Gasteiger partial charge in [0.25, 0.3) is 5.79 Å². The molecule has 832 valence electrons. The molecule has 0 bridgehead atoms. The minimum absolute atomic E-state index is 0. The first-order chi connectivity index (χ1) is 68.0. The molecular weight excluding hydrogens is 1950 g/mol. The molecule has 48 nitrogen and oxygen atoms in total. The van der Waals surface area contributed by atoms with E-state index in [4.69, 9.17) is 66.3 Å². The van der Waals surface area contributed by atoms with Crippen LogP contribution in [0.1, 0.15) is 254 Å². The molecule has 0 aliphatic carbocycles. The Balaban J connectivity index is 0.0000185. The van der Waals surface area contributed by atoms with Crippen molar-refractivity contribution in [3.8, 4) is 0 Å². The van der Waals surface area contributed by atoms with E-state index in [1.54, 1.807) is 6.08 Å². The van der Waals surface area contributed by atoms with E-state index in [1.807, 2.05) is 0 Å². The summed E-state index contributed by atoms with van der Waals surface area (Å²) in [6.45, 7) is 1.43. The van der Waals surface area contributed by atoms with Crippen molar-refractivity contribution in [1.29, 1.82) is 0 Å². The number of carbonyl (C=O) groups is 6. The zero-order valence-corrected chi connectivity index (χ0v) is 89.5. The van der Waals surface area contributed by atoms with E-state index in [9.17, 15) is 146 Å². The fraction of sp³-hybridized carbons (Fsp3) is 0.916. The van der Waals surface area contributed by atoms with Crippen LogP contribution in [0.15, 0.2) is 12.2 Å². The minimum atomic E-state index is -3.32. The van der Waals surface area contributed by atoms with E-state index < -0.39 is 351 Å². The normalized spacial score (nSPS) is 35.7. The van der Waals surface area contributed by atoms with Gasteiger partial charge in [-0.1, -0.05) is 180 Å². The number of unbranched alkanes of at least 4 members (excludes halogenated alkanes) is 25. The first-order valence-corrected chi connectivity index (χ1v) is 51.0. The van der Waals surface area contributed by atoms with Crippen LogP contribution in [0.4, 0.5) is 0 Å². The number of carboxylic acid groups (broad SMARTS) is 1. The summed E-state index contributed by atoms with van der Waals surface area (Å²) in [6, 6.07) is -8.41. The number of allylic oxidation sites excluding steroid dienone is 1. The Morgan fingerprint density at radius 2 is 0.759 bits per heavy atom. The third-order valence-corrected chi connectivity index (χ3v) is 27.4. The summed E-state index contributed by atoms with van der Waals surface area (Å²) in [5, 5.41) is 277. The van der Waals surface area contributed by atoms with Gasteiger partial charge in [0.05, 0.1) is 101 Å². The van der Waals surface area contributed by atoms with Crippen LogP contribution in [0, 0.1) is 0 Å². The number of hydrogen-bond acceptors (Lipinski definition) is 42. The van der Waals surface area contributed by atoms with Gasteiger partial charge in [-0.05, 0) is 33.1 Å². The van der Waals surface area contributed by atoms with E-state index in [1.165, 1.54) is 102 Å². The van der Waals surface area contributed by atoms with Gasteiger partial charge in [0.2, 0.25) is 29.5 Å². The van der Waals surface area contributed by atoms with Gasteiger partial charge in [0.1, 0.15) is 153 Å². The van der Waals surface area contributed by atoms with Crippen LogP contribution in [0.25, 0.3) is 0 Å². The van der Waals surface area contributed by atoms with Crippen molar-refractivity contribution in [2.45, 2.75) is 498 Å². The summed E-state index contributed by atoms with van der Waals surface area (Å²) in [5.74, 6) is -14.4. The van der Waals surface area contributed by atoms with Crippen molar-refractivity contribution in [2.24, 2.45) is 0 Å². The van der Waals surface area contributed by atoms with Gasteiger partial charge in [-0.2, -0.15) is 0 Å². The molecule has 7 saturated heterocycles. The summed E-state index contributed by atoms with van der Waals surface area (Å²) < 4.78 is 87.0. The molecule has 0 aromatic heterocycles. The van der Waals surface area contributed by atoms with E-state index in [0.29, 0.717) is 12.8 Å². The van der Waals surface area contributed by atoms with Crippen molar-refractivity contribution in [2.75, 3.05) is 52.9 Å². The topological polar surface area (TPSA) is 757 Å². The second-order valence-corrected chi connectivity index (χ2v) is 39.4. The molecule has 145 heavy (non-hydrogen) atoms. The Labute approximate surface area is 891 Å². The Hall–Kier alpha value is -2.88. The first-order valence-electron chi connectivity index (χ1n) is 51.0. The zero-order valence-electron chi connectivity index (χ0n) is 85.5. The van der Waals surface area contributed by atoms with Crippen LogP contribution in [-0.4, -0.2) is 449 Å². The van der Waals surface area contributed by atoms with E-state index in [2.05, 4.69) is 40.4 Å². The van der Waals surface area contributed by atoms with Gasteiger partial charge in [-0.3, -0.25) is 24.0 Å². The number of aliphatic hydroxyl groups excluding tert-OH is 22. The second-order valence-electron chi connectivity index (χ2n) is 39.4. The molecule has 7 heterocycles. The summed E-state index contributed by atoms with van der Waals surface area (Å²) >= 11 is 0. The fourth-order valence-electron chi connectivity index (χ4n) is 19.6. The molecule has 28 N–H and O–H groups in total. The Bertz CT molecular complexity index is 3710. The molecule has 0 aromatic rings. The number of ether oxygens (including phenoxy) is 14. The van der Waals surface area contributed by atoms with Crippen molar-refractivity contribution >= 4 is 35.5 Å². The number of carboxylic acids is 1. The van der Waals surface area contributed by atoms with Gasteiger partial charge >= 0.3 is 65.1 Å².